The second kappa shape index (κ2) is 23.7. The average Bonchev–Trinajstić information content (AvgIpc) is 3.72. The normalized spacial score (nSPS) is 15.1. The van der Waals surface area contributed by atoms with Crippen LogP contribution in [0.5, 0.6) is 0 Å². The van der Waals surface area contributed by atoms with Crippen LogP contribution in [0, 0.1) is 11.8 Å². The van der Waals surface area contributed by atoms with Gasteiger partial charge in [-0.15, -0.1) is 0 Å². The van der Waals surface area contributed by atoms with E-state index in [4.69, 9.17) is 14.9 Å². The number of aliphatic hydroxyl groups is 1. The van der Waals surface area contributed by atoms with Crippen molar-refractivity contribution >= 4 is 28.2 Å². The molecule has 0 unspecified atom stereocenters. The zero-order chi connectivity index (χ0) is 49.7. The van der Waals surface area contributed by atoms with Crippen molar-refractivity contribution < 1.29 is 33.1 Å². The minimum atomic E-state index is -4.11. The zero-order valence-electron chi connectivity index (χ0n) is 40.3. The van der Waals surface area contributed by atoms with Gasteiger partial charge in [0.1, 0.15) is 11.6 Å². The Balaban J connectivity index is 1.09. The number of oxime groups is 1. The Morgan fingerprint density at radius 2 is 1.34 bits per heavy atom. The first-order valence-electron chi connectivity index (χ1n) is 23.9. The molecule has 0 aliphatic carbocycles. The molecular formula is C56H64N6O7S. The number of pyridine rings is 1. The van der Waals surface area contributed by atoms with Gasteiger partial charge in [0, 0.05) is 26.2 Å². The maximum Gasteiger partial charge on any atom is 0.321 e. The van der Waals surface area contributed by atoms with E-state index in [0.29, 0.717) is 36.5 Å². The molecule has 0 saturated carbocycles. The molecule has 13 nitrogen and oxygen atoms in total. The molecule has 1 aromatic heterocycles. The number of sulfonamides is 1. The molecule has 3 amide bonds. The number of benzene rings is 5. The van der Waals surface area contributed by atoms with Gasteiger partial charge in [-0.05, 0) is 70.3 Å². The largest absolute Gasteiger partial charge is 0.411 e. The first-order chi connectivity index (χ1) is 33.8. The molecule has 1 aliphatic heterocycles. The van der Waals surface area contributed by atoms with Gasteiger partial charge in [-0.25, -0.2) is 13.2 Å². The summed E-state index contributed by atoms with van der Waals surface area (Å²) in [5.41, 5.74) is 4.70. The summed E-state index contributed by atoms with van der Waals surface area (Å²) in [7, 11) is -4.11. The Bertz CT molecular complexity index is 2650. The summed E-state index contributed by atoms with van der Waals surface area (Å²) in [6.07, 6.45) is 0.672. The zero-order valence-corrected chi connectivity index (χ0v) is 41.1. The fourth-order valence-corrected chi connectivity index (χ4v) is 10.8. The minimum Gasteiger partial charge on any atom is -0.411 e. The van der Waals surface area contributed by atoms with Gasteiger partial charge in [-0.3, -0.25) is 9.78 Å². The highest BCUT2D eigenvalue weighted by Crippen LogP contribution is 2.41. The van der Waals surface area contributed by atoms with Crippen LogP contribution in [-0.4, -0.2) is 100 Å². The van der Waals surface area contributed by atoms with Gasteiger partial charge >= 0.3 is 6.03 Å². The average molecular weight is 965 g/mol. The van der Waals surface area contributed by atoms with Gasteiger partial charge in [-0.1, -0.05) is 179 Å². The van der Waals surface area contributed by atoms with E-state index in [-0.39, 0.29) is 55.4 Å². The molecule has 366 valence electrons. The molecule has 14 heteroatoms. The van der Waals surface area contributed by atoms with Crippen molar-refractivity contribution in [3.8, 4) is 0 Å². The number of aliphatic hydroxyl groups excluding tert-OH is 1. The van der Waals surface area contributed by atoms with Crippen molar-refractivity contribution in [3.63, 3.8) is 0 Å². The first-order valence-corrected chi connectivity index (χ1v) is 25.4. The third kappa shape index (κ3) is 12.2. The fourth-order valence-electron chi connectivity index (χ4n) is 9.16. The summed E-state index contributed by atoms with van der Waals surface area (Å²) in [6, 6.07) is 49.4. The predicted molar refractivity (Wildman–Crippen MR) is 271 cm³/mol. The minimum absolute atomic E-state index is 0.0134. The quantitative estimate of drug-likeness (QED) is 0.0249. The van der Waals surface area contributed by atoms with Crippen LogP contribution in [0.1, 0.15) is 73.3 Å². The van der Waals surface area contributed by atoms with E-state index < -0.39 is 39.7 Å². The third-order valence-electron chi connectivity index (χ3n) is 12.9. The molecule has 6 aromatic rings. The number of hydrogen-bond donors (Lipinski definition) is 3. The summed E-state index contributed by atoms with van der Waals surface area (Å²) >= 11 is 0. The molecule has 3 N–H and O–H groups in total. The molecule has 1 fully saturated rings. The second-order valence-corrected chi connectivity index (χ2v) is 20.3. The van der Waals surface area contributed by atoms with E-state index in [0.717, 1.165) is 22.3 Å². The van der Waals surface area contributed by atoms with E-state index in [2.05, 4.69) is 46.9 Å². The van der Waals surface area contributed by atoms with E-state index in [1.807, 2.05) is 131 Å². The number of aromatic nitrogens is 1. The van der Waals surface area contributed by atoms with Crippen LogP contribution in [-0.2, 0) is 44.7 Å². The number of ether oxygens (including phenoxy) is 1. The highest BCUT2D eigenvalue weighted by molar-refractivity contribution is 7.89. The van der Waals surface area contributed by atoms with Crippen molar-refractivity contribution in [2.45, 2.75) is 82.4 Å². The van der Waals surface area contributed by atoms with Crippen molar-refractivity contribution in [1.82, 2.24) is 24.4 Å². The van der Waals surface area contributed by atoms with Gasteiger partial charge in [0.15, 0.2) is 0 Å². The molecule has 7 rings (SSSR count). The first kappa shape index (κ1) is 51.1. The maximum absolute atomic E-state index is 14.7. The monoisotopic (exact) mass is 964 g/mol. The topological polar surface area (TPSA) is 165 Å². The summed E-state index contributed by atoms with van der Waals surface area (Å²) in [5.74, 6) is -0.777. The van der Waals surface area contributed by atoms with Crippen molar-refractivity contribution in [2.75, 3.05) is 26.2 Å². The number of nitrogens with zero attached hydrogens (tertiary/aromatic N) is 5. The summed E-state index contributed by atoms with van der Waals surface area (Å²) in [6.45, 7) is 8.55. The van der Waals surface area contributed by atoms with Crippen LogP contribution < -0.4 is 5.32 Å². The molecule has 70 heavy (non-hydrogen) atoms. The lowest BCUT2D eigenvalue weighted by atomic mass is 9.80. The Hall–Kier alpha value is -6.71. The number of rotatable bonds is 23. The fraction of sp³-hybridized carbons (Fsp3) is 0.321. The molecule has 0 spiro atoms. The summed E-state index contributed by atoms with van der Waals surface area (Å²) in [5, 5.41) is 27.1. The smallest absolute Gasteiger partial charge is 0.321 e. The summed E-state index contributed by atoms with van der Waals surface area (Å²) < 4.78 is 36.5. The van der Waals surface area contributed by atoms with Gasteiger partial charge in [0.25, 0.3) is 0 Å². The molecule has 1 saturated heterocycles. The van der Waals surface area contributed by atoms with Crippen LogP contribution in [0.2, 0.25) is 0 Å². The van der Waals surface area contributed by atoms with Gasteiger partial charge < -0.3 is 30.2 Å². The van der Waals surface area contributed by atoms with Crippen LogP contribution in [0.25, 0.3) is 0 Å². The highest BCUT2D eigenvalue weighted by atomic mass is 32.2. The molecule has 0 radical (unpaired) electrons. The number of nitrogens with one attached hydrogen (secondary N) is 1. The lowest BCUT2D eigenvalue weighted by molar-refractivity contribution is -0.128. The Morgan fingerprint density at radius 1 is 0.786 bits per heavy atom. The lowest BCUT2D eigenvalue weighted by Crippen LogP contribution is -2.57. The Kier molecular flexibility index (Phi) is 17.3. The third-order valence-corrected chi connectivity index (χ3v) is 14.7. The highest BCUT2D eigenvalue weighted by Gasteiger charge is 2.42. The number of carbonyl (C=O) groups is 2. The van der Waals surface area contributed by atoms with Crippen LogP contribution in [0.3, 0.4) is 0 Å². The van der Waals surface area contributed by atoms with Crippen molar-refractivity contribution in [2.24, 2.45) is 17.0 Å². The van der Waals surface area contributed by atoms with Crippen molar-refractivity contribution in [3.05, 3.63) is 203 Å². The molecule has 4 atom stereocenters. The van der Waals surface area contributed by atoms with Crippen LogP contribution >= 0.6 is 0 Å². The number of carbonyl (C=O) groups excluding carboxylic acids is 2. The lowest BCUT2D eigenvalue weighted by Gasteiger charge is -2.36. The second-order valence-electron chi connectivity index (χ2n) is 18.3. The molecule has 2 heterocycles. The van der Waals surface area contributed by atoms with Gasteiger partial charge in [-0.2, -0.15) is 4.31 Å². The molecule has 1 aliphatic rings. The van der Waals surface area contributed by atoms with Gasteiger partial charge in [0.2, 0.25) is 15.9 Å². The molecular weight excluding hydrogens is 901 g/mol. The Labute approximate surface area is 412 Å². The van der Waals surface area contributed by atoms with E-state index >= 15 is 0 Å². The molecule has 0 bridgehead atoms. The van der Waals surface area contributed by atoms with Crippen LogP contribution in [0.4, 0.5) is 4.79 Å². The van der Waals surface area contributed by atoms with Gasteiger partial charge in [0.05, 0.1) is 47.8 Å². The Morgan fingerprint density at radius 3 is 1.89 bits per heavy atom. The van der Waals surface area contributed by atoms with E-state index in [1.54, 1.807) is 9.80 Å². The summed E-state index contributed by atoms with van der Waals surface area (Å²) in [4.78, 5) is 37.4. The molecule has 5 aromatic carbocycles. The predicted octanol–water partition coefficient (Wildman–Crippen LogP) is 8.49. The van der Waals surface area contributed by atoms with E-state index in [9.17, 15) is 23.1 Å². The number of urea groups is 1. The number of hydrogen-bond acceptors (Lipinski definition) is 9. The van der Waals surface area contributed by atoms with Crippen molar-refractivity contribution in [1.29, 1.82) is 0 Å². The van der Waals surface area contributed by atoms with Crippen LogP contribution in [0.15, 0.2) is 174 Å². The number of amides is 3. The maximum atomic E-state index is 14.7. The SMILES string of the molecule is CC[C@H](C)[C@@H](C(=O)N[C@@H](Cc1ccccc1)[C@@H](O)CN(CC(C)C)S(=O)(=O)c1ccc(C=NO)cc1)N1CCN(Cc2cccc(COC(c3ccccc3)(c3ccccc3)c3ccccc3)n2)C1=O. The van der Waals surface area contributed by atoms with E-state index in [1.165, 1.54) is 34.8 Å². The standard InChI is InChI=1S/C56H64N6O7S/c1-5-42(4)53(54(64)59-51(35-43-19-10-6-11-20-43)52(63)39-61(37-41(2)3)70(67,68)50-31-29-44(30-32-50)36-57-66)62-34-33-60(55(62)65)38-48-27-18-28-49(58-48)40-69-56(45-21-12-7-13-22-45,46-23-14-8-15-24-46)47-25-16-9-17-26-47/h6-32,36,41-42,51-53,63,66H,5,33-35,37-40H2,1-4H3,(H,59,64)/t42-,51-,52-,53-/m0/s1.